The summed E-state index contributed by atoms with van der Waals surface area (Å²) >= 11 is 0. The summed E-state index contributed by atoms with van der Waals surface area (Å²) in [6.07, 6.45) is 5.09. The van der Waals surface area contributed by atoms with Crippen molar-refractivity contribution in [2.24, 2.45) is 5.92 Å². The lowest BCUT2D eigenvalue weighted by atomic mass is 9.85. The van der Waals surface area contributed by atoms with Crippen LogP contribution in [0, 0.1) is 26.7 Å². The quantitative estimate of drug-likeness (QED) is 0.802. The molecular formula is C22H30N4O. The maximum absolute atomic E-state index is 13.0. The first kappa shape index (κ1) is 18.2. The SMILES string of the molecule is Cc1ccc(N2CN(C3CCCCC3C)Cn3c2nc(C)c(C)c3=O)cc1. The summed E-state index contributed by atoms with van der Waals surface area (Å²) in [6, 6.07) is 9.04. The third kappa shape index (κ3) is 3.29. The van der Waals surface area contributed by atoms with Gasteiger partial charge in [0.2, 0.25) is 5.95 Å². The second kappa shape index (κ2) is 7.12. The standard InChI is InChI=1S/C22H30N4O/c1-15-9-11-19(12-10-15)25-13-24(20-8-6-5-7-16(20)2)14-26-21(27)17(3)18(4)23-22(25)26/h9-12,16,20H,5-8,13-14H2,1-4H3. The molecular weight excluding hydrogens is 336 g/mol. The Morgan fingerprint density at radius 2 is 1.70 bits per heavy atom. The number of anilines is 2. The Hall–Kier alpha value is -2.14. The molecule has 4 rings (SSSR count). The highest BCUT2D eigenvalue weighted by atomic mass is 16.1. The smallest absolute Gasteiger partial charge is 0.259 e. The Bertz CT molecular complexity index is 886. The number of aryl methyl sites for hydroxylation is 2. The Kier molecular flexibility index (Phi) is 4.81. The Morgan fingerprint density at radius 3 is 2.41 bits per heavy atom. The van der Waals surface area contributed by atoms with Crippen molar-refractivity contribution in [3.05, 3.63) is 51.4 Å². The Morgan fingerprint density at radius 1 is 1.00 bits per heavy atom. The van der Waals surface area contributed by atoms with Crippen LogP contribution in [0.2, 0.25) is 0 Å². The van der Waals surface area contributed by atoms with Crippen molar-refractivity contribution in [1.82, 2.24) is 14.5 Å². The van der Waals surface area contributed by atoms with Gasteiger partial charge in [-0.2, -0.15) is 0 Å². The van der Waals surface area contributed by atoms with E-state index >= 15 is 0 Å². The fraction of sp³-hybridized carbons (Fsp3) is 0.545. The maximum atomic E-state index is 13.0. The van der Waals surface area contributed by atoms with Gasteiger partial charge in [-0.15, -0.1) is 0 Å². The number of hydrogen-bond acceptors (Lipinski definition) is 4. The summed E-state index contributed by atoms with van der Waals surface area (Å²) in [7, 11) is 0. The van der Waals surface area contributed by atoms with E-state index in [0.717, 1.165) is 29.6 Å². The van der Waals surface area contributed by atoms with Gasteiger partial charge in [-0.25, -0.2) is 4.98 Å². The highest BCUT2D eigenvalue weighted by Gasteiger charge is 2.34. The van der Waals surface area contributed by atoms with Crippen LogP contribution in [-0.4, -0.2) is 27.2 Å². The molecule has 2 aliphatic rings. The van der Waals surface area contributed by atoms with E-state index in [4.69, 9.17) is 4.98 Å². The molecule has 2 heterocycles. The van der Waals surface area contributed by atoms with E-state index < -0.39 is 0 Å². The monoisotopic (exact) mass is 366 g/mol. The van der Waals surface area contributed by atoms with Gasteiger partial charge in [0.15, 0.2) is 0 Å². The first-order valence-electron chi connectivity index (χ1n) is 10.1. The Labute approximate surface area is 161 Å². The first-order valence-corrected chi connectivity index (χ1v) is 10.1. The van der Waals surface area contributed by atoms with Gasteiger partial charge in [0.25, 0.3) is 5.56 Å². The van der Waals surface area contributed by atoms with Gasteiger partial charge in [-0.1, -0.05) is 37.5 Å². The fourth-order valence-corrected chi connectivity index (χ4v) is 4.52. The van der Waals surface area contributed by atoms with Crippen LogP contribution in [0.5, 0.6) is 0 Å². The summed E-state index contributed by atoms with van der Waals surface area (Å²) in [6.45, 7) is 9.70. The maximum Gasteiger partial charge on any atom is 0.259 e. The van der Waals surface area contributed by atoms with Crippen LogP contribution in [0.15, 0.2) is 29.1 Å². The zero-order chi connectivity index (χ0) is 19.1. The van der Waals surface area contributed by atoms with E-state index in [1.54, 1.807) is 0 Å². The van der Waals surface area contributed by atoms with Crippen molar-refractivity contribution in [2.75, 3.05) is 11.6 Å². The molecule has 1 saturated carbocycles. The van der Waals surface area contributed by atoms with Crippen molar-refractivity contribution in [3.8, 4) is 0 Å². The van der Waals surface area contributed by atoms with Crippen molar-refractivity contribution >= 4 is 11.6 Å². The average Bonchev–Trinajstić information content (AvgIpc) is 2.67. The van der Waals surface area contributed by atoms with Crippen LogP contribution in [0.1, 0.15) is 49.4 Å². The lowest BCUT2D eigenvalue weighted by Crippen LogP contribution is -2.53. The third-order valence-corrected chi connectivity index (χ3v) is 6.39. The molecule has 0 saturated heterocycles. The van der Waals surface area contributed by atoms with Gasteiger partial charge in [-0.3, -0.25) is 19.2 Å². The minimum absolute atomic E-state index is 0.0859. The molecule has 2 atom stereocenters. The van der Waals surface area contributed by atoms with Crippen molar-refractivity contribution in [2.45, 2.75) is 66.1 Å². The molecule has 144 valence electrons. The highest BCUT2D eigenvalue weighted by molar-refractivity contribution is 5.58. The normalized spacial score (nSPS) is 23.3. The molecule has 0 bridgehead atoms. The molecule has 1 aliphatic carbocycles. The molecule has 1 aromatic heterocycles. The first-order chi connectivity index (χ1) is 13.0. The van der Waals surface area contributed by atoms with E-state index in [2.05, 4.69) is 47.9 Å². The van der Waals surface area contributed by atoms with Crippen LogP contribution >= 0.6 is 0 Å². The number of benzene rings is 1. The molecule has 1 aliphatic heterocycles. The van der Waals surface area contributed by atoms with Crippen LogP contribution in [0.3, 0.4) is 0 Å². The number of fused-ring (bicyclic) bond motifs is 1. The summed E-state index contributed by atoms with van der Waals surface area (Å²) in [4.78, 5) is 22.5. The van der Waals surface area contributed by atoms with Gasteiger partial charge >= 0.3 is 0 Å². The third-order valence-electron chi connectivity index (χ3n) is 6.39. The molecule has 2 unspecified atom stereocenters. The van der Waals surface area contributed by atoms with Gasteiger partial charge in [0.05, 0.1) is 13.3 Å². The molecule has 0 N–H and O–H groups in total. The second-order valence-electron chi connectivity index (χ2n) is 8.32. The zero-order valence-corrected chi connectivity index (χ0v) is 16.9. The predicted octanol–water partition coefficient (Wildman–Crippen LogP) is 4.12. The Balaban J connectivity index is 1.80. The van der Waals surface area contributed by atoms with Crippen LogP contribution in [0.4, 0.5) is 11.6 Å². The molecule has 1 fully saturated rings. The topological polar surface area (TPSA) is 41.4 Å². The van der Waals surface area contributed by atoms with E-state index in [1.165, 1.54) is 31.2 Å². The number of nitrogens with zero attached hydrogens (tertiary/aromatic N) is 4. The number of aromatic nitrogens is 2. The molecule has 0 radical (unpaired) electrons. The summed E-state index contributed by atoms with van der Waals surface area (Å²) in [5, 5.41) is 0. The predicted molar refractivity (Wildman–Crippen MR) is 109 cm³/mol. The molecule has 1 aromatic carbocycles. The number of rotatable bonds is 2. The summed E-state index contributed by atoms with van der Waals surface area (Å²) in [5.41, 5.74) is 3.99. The van der Waals surface area contributed by atoms with Crippen LogP contribution < -0.4 is 10.5 Å². The van der Waals surface area contributed by atoms with Crippen LogP contribution in [-0.2, 0) is 6.67 Å². The summed E-state index contributed by atoms with van der Waals surface area (Å²) in [5.74, 6) is 1.43. The van der Waals surface area contributed by atoms with Crippen molar-refractivity contribution in [3.63, 3.8) is 0 Å². The molecule has 2 aromatic rings. The number of hydrogen-bond donors (Lipinski definition) is 0. The van der Waals surface area contributed by atoms with Crippen LogP contribution in [0.25, 0.3) is 0 Å². The largest absolute Gasteiger partial charge is 0.298 e. The minimum atomic E-state index is 0.0859. The second-order valence-corrected chi connectivity index (χ2v) is 8.32. The fourth-order valence-electron chi connectivity index (χ4n) is 4.52. The van der Waals surface area contributed by atoms with E-state index in [9.17, 15) is 4.79 Å². The van der Waals surface area contributed by atoms with Gasteiger partial charge in [0, 0.05) is 23.0 Å². The van der Waals surface area contributed by atoms with Crippen molar-refractivity contribution in [1.29, 1.82) is 0 Å². The van der Waals surface area contributed by atoms with Gasteiger partial charge in [0.1, 0.15) is 0 Å². The lowest BCUT2D eigenvalue weighted by molar-refractivity contribution is 0.0724. The average molecular weight is 367 g/mol. The van der Waals surface area contributed by atoms with Crippen molar-refractivity contribution < 1.29 is 0 Å². The molecule has 5 heteroatoms. The van der Waals surface area contributed by atoms with E-state index in [-0.39, 0.29) is 5.56 Å². The lowest BCUT2D eigenvalue weighted by Gasteiger charge is -2.45. The molecule has 5 nitrogen and oxygen atoms in total. The molecule has 0 spiro atoms. The van der Waals surface area contributed by atoms with Gasteiger partial charge in [-0.05, 0) is 51.7 Å². The molecule has 0 amide bonds. The van der Waals surface area contributed by atoms with E-state index in [1.807, 2.05) is 18.4 Å². The zero-order valence-electron chi connectivity index (χ0n) is 16.9. The highest BCUT2D eigenvalue weighted by Crippen LogP contribution is 2.33. The molecule has 27 heavy (non-hydrogen) atoms. The summed E-state index contributed by atoms with van der Waals surface area (Å²) < 4.78 is 1.87. The van der Waals surface area contributed by atoms with Gasteiger partial charge < -0.3 is 0 Å². The van der Waals surface area contributed by atoms with E-state index in [0.29, 0.717) is 18.6 Å². The minimum Gasteiger partial charge on any atom is -0.298 e.